The lowest BCUT2D eigenvalue weighted by atomic mass is 10.1. The first-order chi connectivity index (χ1) is 9.83. The van der Waals surface area contributed by atoms with Crippen molar-refractivity contribution in [1.29, 1.82) is 0 Å². The summed E-state index contributed by atoms with van der Waals surface area (Å²) in [6.07, 6.45) is 1.80. The molecular weight excluding hydrogens is 262 g/mol. The highest BCUT2D eigenvalue weighted by Crippen LogP contribution is 2.21. The lowest BCUT2D eigenvalue weighted by molar-refractivity contribution is 0.412. The molecule has 0 radical (unpaired) electrons. The summed E-state index contributed by atoms with van der Waals surface area (Å²) in [5.41, 5.74) is 3.57. The van der Waals surface area contributed by atoms with Crippen molar-refractivity contribution in [3.05, 3.63) is 35.2 Å². The third-order valence-electron chi connectivity index (χ3n) is 3.16. The molecular formula is C17H25N3O. The van der Waals surface area contributed by atoms with Crippen molar-refractivity contribution in [3.63, 3.8) is 0 Å². The van der Waals surface area contributed by atoms with E-state index in [2.05, 4.69) is 68.3 Å². The number of nitrogens with one attached hydrogen (secondary N) is 1. The Morgan fingerprint density at radius 1 is 1.05 bits per heavy atom. The molecule has 0 aliphatic heterocycles. The van der Waals surface area contributed by atoms with Crippen molar-refractivity contribution in [2.24, 2.45) is 0 Å². The van der Waals surface area contributed by atoms with Crippen LogP contribution in [0.5, 0.6) is 0 Å². The van der Waals surface area contributed by atoms with Gasteiger partial charge in [0, 0.05) is 17.5 Å². The molecule has 0 spiro atoms. The second kappa shape index (κ2) is 6.39. The predicted octanol–water partition coefficient (Wildman–Crippen LogP) is 3.67. The molecule has 0 saturated heterocycles. The van der Waals surface area contributed by atoms with E-state index in [1.54, 1.807) is 0 Å². The van der Waals surface area contributed by atoms with Crippen LogP contribution in [0.1, 0.15) is 44.2 Å². The molecule has 4 nitrogen and oxygen atoms in total. The van der Waals surface area contributed by atoms with Gasteiger partial charge in [0.1, 0.15) is 0 Å². The Hall–Kier alpha value is -1.68. The molecule has 1 N–H and O–H groups in total. The number of benzene rings is 1. The minimum atomic E-state index is 0.152. The zero-order valence-corrected chi connectivity index (χ0v) is 13.7. The minimum Gasteiger partial charge on any atom is -0.421 e. The maximum Gasteiger partial charge on any atom is 0.247 e. The Balaban J connectivity index is 1.95. The summed E-state index contributed by atoms with van der Waals surface area (Å²) in [6, 6.07) is 6.29. The van der Waals surface area contributed by atoms with Crippen LogP contribution in [0.15, 0.2) is 22.6 Å². The van der Waals surface area contributed by atoms with Crippen LogP contribution >= 0.6 is 0 Å². The molecule has 4 heteroatoms. The van der Waals surface area contributed by atoms with E-state index in [1.807, 2.05) is 0 Å². The fourth-order valence-electron chi connectivity index (χ4n) is 2.27. The lowest BCUT2D eigenvalue weighted by Crippen LogP contribution is -2.36. The van der Waals surface area contributed by atoms with Gasteiger partial charge in [-0.15, -0.1) is 10.2 Å². The van der Waals surface area contributed by atoms with Crippen LogP contribution in [0.3, 0.4) is 0 Å². The van der Waals surface area contributed by atoms with E-state index in [-0.39, 0.29) is 5.54 Å². The van der Waals surface area contributed by atoms with Gasteiger partial charge in [-0.3, -0.25) is 0 Å². The molecule has 114 valence electrons. The Kier molecular flexibility index (Phi) is 4.78. The Bertz CT molecular complexity index is 576. The van der Waals surface area contributed by atoms with Gasteiger partial charge < -0.3 is 9.73 Å². The van der Waals surface area contributed by atoms with E-state index < -0.39 is 0 Å². The molecule has 0 fully saturated rings. The second-order valence-electron chi connectivity index (χ2n) is 6.66. The normalized spacial score (nSPS) is 11.9. The van der Waals surface area contributed by atoms with Gasteiger partial charge in [-0.2, -0.15) is 0 Å². The van der Waals surface area contributed by atoms with Gasteiger partial charge in [0.2, 0.25) is 11.8 Å². The summed E-state index contributed by atoms with van der Waals surface area (Å²) >= 11 is 0. The SMILES string of the molecule is Cc1cc(C)cc(-c2nnc(CCCNC(C)(C)C)o2)c1. The molecule has 0 atom stereocenters. The van der Waals surface area contributed by atoms with E-state index in [4.69, 9.17) is 4.42 Å². The topological polar surface area (TPSA) is 51.0 Å². The number of aromatic nitrogens is 2. The largest absolute Gasteiger partial charge is 0.421 e. The summed E-state index contributed by atoms with van der Waals surface area (Å²) in [6.45, 7) is 11.6. The van der Waals surface area contributed by atoms with Crippen LogP contribution in [0.4, 0.5) is 0 Å². The maximum atomic E-state index is 5.76. The van der Waals surface area contributed by atoms with Crippen molar-refractivity contribution in [2.45, 2.75) is 53.0 Å². The summed E-state index contributed by atoms with van der Waals surface area (Å²) in [7, 11) is 0. The van der Waals surface area contributed by atoms with Crippen molar-refractivity contribution in [2.75, 3.05) is 6.54 Å². The molecule has 1 heterocycles. The zero-order chi connectivity index (χ0) is 15.5. The summed E-state index contributed by atoms with van der Waals surface area (Å²) in [5, 5.41) is 11.8. The molecule has 0 aliphatic carbocycles. The first-order valence-electron chi connectivity index (χ1n) is 7.49. The third-order valence-corrected chi connectivity index (χ3v) is 3.16. The molecule has 0 aliphatic rings. The fourth-order valence-corrected chi connectivity index (χ4v) is 2.27. The van der Waals surface area contributed by atoms with Crippen LogP contribution in [0.25, 0.3) is 11.5 Å². The predicted molar refractivity (Wildman–Crippen MR) is 85.3 cm³/mol. The standard InChI is InChI=1S/C17H25N3O/c1-12-9-13(2)11-14(10-12)16-20-19-15(21-16)7-6-8-18-17(3,4)5/h9-11,18H,6-8H2,1-5H3. The summed E-state index contributed by atoms with van der Waals surface area (Å²) < 4.78 is 5.76. The fraction of sp³-hybridized carbons (Fsp3) is 0.529. The number of hydrogen-bond acceptors (Lipinski definition) is 4. The smallest absolute Gasteiger partial charge is 0.247 e. The van der Waals surface area contributed by atoms with E-state index in [0.29, 0.717) is 11.8 Å². The molecule has 0 saturated carbocycles. The highest BCUT2D eigenvalue weighted by molar-refractivity contribution is 5.55. The lowest BCUT2D eigenvalue weighted by Gasteiger charge is -2.19. The van der Waals surface area contributed by atoms with E-state index in [1.165, 1.54) is 11.1 Å². The van der Waals surface area contributed by atoms with Crippen LogP contribution in [0.2, 0.25) is 0 Å². The number of nitrogens with zero attached hydrogens (tertiary/aromatic N) is 2. The van der Waals surface area contributed by atoms with Crippen LogP contribution < -0.4 is 5.32 Å². The average Bonchev–Trinajstić information content (AvgIpc) is 2.81. The van der Waals surface area contributed by atoms with Crippen molar-refractivity contribution >= 4 is 0 Å². The van der Waals surface area contributed by atoms with Crippen molar-refractivity contribution in [3.8, 4) is 11.5 Å². The van der Waals surface area contributed by atoms with E-state index in [9.17, 15) is 0 Å². The average molecular weight is 287 g/mol. The van der Waals surface area contributed by atoms with Crippen LogP contribution in [-0.4, -0.2) is 22.3 Å². The summed E-state index contributed by atoms with van der Waals surface area (Å²) in [5.74, 6) is 1.32. The van der Waals surface area contributed by atoms with Crippen LogP contribution in [-0.2, 0) is 6.42 Å². The van der Waals surface area contributed by atoms with Crippen molar-refractivity contribution < 1.29 is 4.42 Å². The highest BCUT2D eigenvalue weighted by Gasteiger charge is 2.11. The Morgan fingerprint density at radius 3 is 2.33 bits per heavy atom. The van der Waals surface area contributed by atoms with Gasteiger partial charge in [0.15, 0.2) is 0 Å². The van der Waals surface area contributed by atoms with Gasteiger partial charge in [0.05, 0.1) is 0 Å². The maximum absolute atomic E-state index is 5.76. The first-order valence-corrected chi connectivity index (χ1v) is 7.49. The minimum absolute atomic E-state index is 0.152. The monoisotopic (exact) mass is 287 g/mol. The molecule has 21 heavy (non-hydrogen) atoms. The quantitative estimate of drug-likeness (QED) is 0.852. The molecule has 0 amide bonds. The number of aryl methyl sites for hydroxylation is 3. The zero-order valence-electron chi connectivity index (χ0n) is 13.7. The molecule has 2 rings (SSSR count). The molecule has 2 aromatic rings. The van der Waals surface area contributed by atoms with Crippen LogP contribution in [0, 0.1) is 13.8 Å². The molecule has 0 bridgehead atoms. The molecule has 0 unspecified atom stereocenters. The summed E-state index contributed by atoms with van der Waals surface area (Å²) in [4.78, 5) is 0. The second-order valence-corrected chi connectivity index (χ2v) is 6.66. The first kappa shape index (κ1) is 15.7. The van der Waals surface area contributed by atoms with E-state index >= 15 is 0 Å². The van der Waals surface area contributed by atoms with E-state index in [0.717, 1.165) is 24.9 Å². The Morgan fingerprint density at radius 2 is 1.71 bits per heavy atom. The van der Waals surface area contributed by atoms with Crippen molar-refractivity contribution in [1.82, 2.24) is 15.5 Å². The number of rotatable bonds is 5. The van der Waals surface area contributed by atoms with Gasteiger partial charge in [-0.1, -0.05) is 17.2 Å². The Labute approximate surface area is 127 Å². The molecule has 1 aromatic carbocycles. The third kappa shape index (κ3) is 4.97. The van der Waals surface area contributed by atoms with Gasteiger partial charge in [-0.05, 0) is 59.7 Å². The highest BCUT2D eigenvalue weighted by atomic mass is 16.4. The number of hydrogen-bond donors (Lipinski definition) is 1. The van der Waals surface area contributed by atoms with Gasteiger partial charge >= 0.3 is 0 Å². The van der Waals surface area contributed by atoms with Gasteiger partial charge in [0.25, 0.3) is 0 Å². The molecule has 1 aromatic heterocycles. The van der Waals surface area contributed by atoms with Gasteiger partial charge in [-0.25, -0.2) is 0 Å².